The molecule has 1 amide bonds. The molecule has 2 aromatic rings. The Kier molecular flexibility index (Phi) is 5.59. The minimum atomic E-state index is -0.0549. The van der Waals surface area contributed by atoms with Gasteiger partial charge in [-0.05, 0) is 42.7 Å². The van der Waals surface area contributed by atoms with Gasteiger partial charge in [0.1, 0.15) is 11.6 Å². The van der Waals surface area contributed by atoms with Crippen molar-refractivity contribution < 1.29 is 4.79 Å². The average molecular weight is 351 g/mol. The van der Waals surface area contributed by atoms with Crippen molar-refractivity contribution >= 4 is 17.2 Å². The quantitative estimate of drug-likeness (QED) is 0.712. The fraction of sp³-hybridized carbons (Fsp3) is 0.389. The number of hydrogen-bond donors (Lipinski definition) is 3. The zero-order valence-electron chi connectivity index (χ0n) is 14.6. The number of benzene rings is 1. The predicted molar refractivity (Wildman–Crippen MR) is 96.9 cm³/mol. The van der Waals surface area contributed by atoms with E-state index in [0.29, 0.717) is 5.56 Å². The zero-order chi connectivity index (χ0) is 18.4. The first-order chi connectivity index (χ1) is 12.7. The molecule has 3 rings (SSSR count). The van der Waals surface area contributed by atoms with E-state index < -0.39 is 0 Å². The molecule has 1 aromatic carbocycles. The molecule has 1 aromatic heterocycles. The zero-order valence-corrected chi connectivity index (χ0v) is 14.6. The van der Waals surface area contributed by atoms with Crippen molar-refractivity contribution in [2.75, 3.05) is 5.32 Å². The summed E-state index contributed by atoms with van der Waals surface area (Å²) in [6, 6.07) is 7.77. The van der Waals surface area contributed by atoms with E-state index in [4.69, 9.17) is 0 Å². The first kappa shape index (κ1) is 17.6. The summed E-state index contributed by atoms with van der Waals surface area (Å²) in [5.74, 6) is 0.157. The van der Waals surface area contributed by atoms with Crippen molar-refractivity contribution in [1.29, 1.82) is 5.26 Å². The Morgan fingerprint density at radius 1 is 1.35 bits per heavy atom. The first-order valence-electron chi connectivity index (χ1n) is 8.70. The maximum Gasteiger partial charge on any atom is 0.251 e. The van der Waals surface area contributed by atoms with Crippen LogP contribution < -0.4 is 10.6 Å². The van der Waals surface area contributed by atoms with Gasteiger partial charge in [0, 0.05) is 23.5 Å². The van der Waals surface area contributed by atoms with Gasteiger partial charge >= 0.3 is 0 Å². The number of aromatic nitrogens is 4. The number of rotatable bonds is 5. The highest BCUT2D eigenvalue weighted by Crippen LogP contribution is 2.22. The van der Waals surface area contributed by atoms with Crippen LogP contribution in [0.1, 0.15) is 53.8 Å². The Balaban J connectivity index is 1.74. The minimum Gasteiger partial charge on any atom is -0.360 e. The van der Waals surface area contributed by atoms with Gasteiger partial charge in [0.05, 0.1) is 0 Å². The molecule has 8 heteroatoms. The second-order valence-electron chi connectivity index (χ2n) is 6.34. The molecule has 1 aliphatic rings. The third kappa shape index (κ3) is 4.06. The molecule has 0 spiro atoms. The Hall–Kier alpha value is -3.21. The van der Waals surface area contributed by atoms with Crippen molar-refractivity contribution in [3.05, 3.63) is 41.4 Å². The van der Waals surface area contributed by atoms with Crippen LogP contribution >= 0.6 is 0 Å². The van der Waals surface area contributed by atoms with Crippen molar-refractivity contribution in [2.45, 2.75) is 45.1 Å². The van der Waals surface area contributed by atoms with E-state index in [0.717, 1.165) is 24.1 Å². The van der Waals surface area contributed by atoms with E-state index in [1.54, 1.807) is 0 Å². The summed E-state index contributed by atoms with van der Waals surface area (Å²) in [5.41, 5.74) is 2.45. The lowest BCUT2D eigenvalue weighted by molar-refractivity contribution is 0.0927. The van der Waals surface area contributed by atoms with Crippen molar-refractivity contribution in [2.24, 2.45) is 0 Å². The number of tetrazole rings is 1. The van der Waals surface area contributed by atoms with E-state index in [1.807, 2.05) is 31.2 Å². The van der Waals surface area contributed by atoms with E-state index in [2.05, 4.69) is 31.3 Å². The summed E-state index contributed by atoms with van der Waals surface area (Å²) >= 11 is 0. The Bertz CT molecular complexity index is 830. The van der Waals surface area contributed by atoms with Crippen LogP contribution in [0.5, 0.6) is 0 Å². The highest BCUT2D eigenvalue weighted by molar-refractivity contribution is 5.97. The smallest absolute Gasteiger partial charge is 0.251 e. The SMILES string of the molecule is Cc1c(NC=C(C#N)c2nn[nH]n2)cccc1C(=O)NC1CCCCC1. The molecule has 1 aliphatic carbocycles. The van der Waals surface area contributed by atoms with Gasteiger partial charge in [0.2, 0.25) is 5.82 Å². The largest absolute Gasteiger partial charge is 0.360 e. The standard InChI is InChI=1S/C18H21N7O/c1-12-15(18(26)21-14-6-3-2-4-7-14)8-5-9-16(12)20-11-13(10-19)17-22-24-25-23-17/h5,8-9,11,14,20H,2-4,6-7H2,1H3,(H,21,26)(H,22,23,24,25). The monoisotopic (exact) mass is 351 g/mol. The number of nitrogens with one attached hydrogen (secondary N) is 3. The van der Waals surface area contributed by atoms with Gasteiger partial charge in [-0.2, -0.15) is 10.5 Å². The van der Waals surface area contributed by atoms with Gasteiger partial charge in [0.25, 0.3) is 5.91 Å². The van der Waals surface area contributed by atoms with Gasteiger partial charge in [-0.25, -0.2) is 0 Å². The number of nitriles is 1. The molecule has 134 valence electrons. The topological polar surface area (TPSA) is 119 Å². The number of H-pyrrole nitrogens is 1. The van der Waals surface area contributed by atoms with Crippen LogP contribution in [-0.2, 0) is 0 Å². The van der Waals surface area contributed by atoms with E-state index >= 15 is 0 Å². The number of amides is 1. The molecule has 1 saturated carbocycles. The Morgan fingerprint density at radius 3 is 2.85 bits per heavy atom. The van der Waals surface area contributed by atoms with Crippen LogP contribution in [0.2, 0.25) is 0 Å². The van der Waals surface area contributed by atoms with Gasteiger partial charge in [-0.15, -0.1) is 10.2 Å². The molecule has 0 unspecified atom stereocenters. The molecular weight excluding hydrogens is 330 g/mol. The van der Waals surface area contributed by atoms with Crippen molar-refractivity contribution in [3.63, 3.8) is 0 Å². The van der Waals surface area contributed by atoms with Crippen LogP contribution in [0.4, 0.5) is 5.69 Å². The third-order valence-corrected chi connectivity index (χ3v) is 4.60. The minimum absolute atomic E-state index is 0.0549. The maximum atomic E-state index is 12.6. The van der Waals surface area contributed by atoms with E-state index in [-0.39, 0.29) is 23.3 Å². The maximum absolute atomic E-state index is 12.6. The van der Waals surface area contributed by atoms with Crippen molar-refractivity contribution in [3.8, 4) is 6.07 Å². The van der Waals surface area contributed by atoms with Gasteiger partial charge in [-0.3, -0.25) is 4.79 Å². The molecule has 1 fully saturated rings. The second kappa shape index (κ2) is 8.25. The number of nitrogens with zero attached hydrogens (tertiary/aromatic N) is 4. The number of aromatic amines is 1. The van der Waals surface area contributed by atoms with E-state index in [1.165, 1.54) is 25.5 Å². The summed E-state index contributed by atoms with van der Waals surface area (Å²) in [5, 5.41) is 28.8. The molecule has 0 bridgehead atoms. The van der Waals surface area contributed by atoms with Gasteiger partial charge in [-0.1, -0.05) is 25.3 Å². The highest BCUT2D eigenvalue weighted by atomic mass is 16.1. The second-order valence-corrected chi connectivity index (χ2v) is 6.34. The summed E-state index contributed by atoms with van der Waals surface area (Å²) < 4.78 is 0. The summed E-state index contributed by atoms with van der Waals surface area (Å²) in [4.78, 5) is 12.6. The molecule has 0 atom stereocenters. The summed E-state index contributed by atoms with van der Waals surface area (Å²) in [7, 11) is 0. The number of allylic oxidation sites excluding steroid dienone is 1. The molecule has 26 heavy (non-hydrogen) atoms. The molecule has 0 saturated heterocycles. The predicted octanol–water partition coefficient (Wildman–Crippen LogP) is 2.55. The van der Waals surface area contributed by atoms with Crippen LogP contribution in [0, 0.1) is 18.3 Å². The normalized spacial score (nSPS) is 15.3. The lowest BCUT2D eigenvalue weighted by Crippen LogP contribution is -2.36. The van der Waals surface area contributed by atoms with Crippen LogP contribution in [0.3, 0.4) is 0 Å². The van der Waals surface area contributed by atoms with Crippen LogP contribution in [-0.4, -0.2) is 32.6 Å². The lowest BCUT2D eigenvalue weighted by atomic mass is 9.95. The van der Waals surface area contributed by atoms with Crippen LogP contribution in [0.15, 0.2) is 24.4 Å². The molecule has 8 nitrogen and oxygen atoms in total. The number of carbonyl (C=O) groups is 1. The Labute approximate surface area is 151 Å². The fourth-order valence-electron chi connectivity index (χ4n) is 3.12. The third-order valence-electron chi connectivity index (χ3n) is 4.60. The van der Waals surface area contributed by atoms with Crippen molar-refractivity contribution in [1.82, 2.24) is 25.9 Å². The van der Waals surface area contributed by atoms with Crippen LogP contribution in [0.25, 0.3) is 5.57 Å². The molecule has 0 aliphatic heterocycles. The molecule has 1 heterocycles. The molecule has 0 radical (unpaired) electrons. The summed E-state index contributed by atoms with van der Waals surface area (Å²) in [6.45, 7) is 1.88. The highest BCUT2D eigenvalue weighted by Gasteiger charge is 2.18. The lowest BCUT2D eigenvalue weighted by Gasteiger charge is -2.23. The summed E-state index contributed by atoms with van der Waals surface area (Å²) in [6.07, 6.45) is 7.19. The number of anilines is 1. The molecular formula is C18H21N7O. The van der Waals surface area contributed by atoms with Gasteiger partial charge < -0.3 is 10.6 Å². The average Bonchev–Trinajstić information content (AvgIpc) is 3.19. The number of hydrogen-bond acceptors (Lipinski definition) is 6. The Morgan fingerprint density at radius 2 is 2.15 bits per heavy atom. The number of carbonyl (C=O) groups excluding carboxylic acids is 1. The van der Waals surface area contributed by atoms with E-state index in [9.17, 15) is 10.1 Å². The van der Waals surface area contributed by atoms with Gasteiger partial charge in [0.15, 0.2) is 0 Å². The fourth-order valence-corrected chi connectivity index (χ4v) is 3.12. The first-order valence-corrected chi connectivity index (χ1v) is 8.70. The molecule has 3 N–H and O–H groups in total.